The van der Waals surface area contributed by atoms with Crippen LogP contribution in [0.2, 0.25) is 0 Å². The smallest absolute Gasteiger partial charge is 0.138 e. The highest BCUT2D eigenvalue weighted by molar-refractivity contribution is 7.18. The van der Waals surface area contributed by atoms with E-state index in [0.29, 0.717) is 0 Å². The number of hydrogen-bond donors (Lipinski definition) is 1. The van der Waals surface area contributed by atoms with Crippen LogP contribution in [0.3, 0.4) is 0 Å². The number of anilines is 1. The van der Waals surface area contributed by atoms with E-state index in [0.717, 1.165) is 28.3 Å². The maximum atomic E-state index is 5.37. The molecule has 0 amide bonds. The Kier molecular flexibility index (Phi) is 5.20. The highest BCUT2D eigenvalue weighted by atomic mass is 32.1. The highest BCUT2D eigenvalue weighted by Crippen LogP contribution is 2.33. The molecule has 0 saturated carbocycles. The quantitative estimate of drug-likeness (QED) is 0.722. The fraction of sp³-hybridized carbons (Fsp3) is 0.368. The molecule has 132 valence electrons. The van der Waals surface area contributed by atoms with Crippen LogP contribution in [0.5, 0.6) is 5.75 Å². The summed E-state index contributed by atoms with van der Waals surface area (Å²) in [5.74, 6) is 1.78. The van der Waals surface area contributed by atoms with Crippen LogP contribution in [0.15, 0.2) is 30.6 Å². The van der Waals surface area contributed by atoms with E-state index in [1.165, 1.54) is 16.0 Å². The number of ether oxygens (including phenoxy) is 1. The molecule has 25 heavy (non-hydrogen) atoms. The third-order valence-corrected chi connectivity index (χ3v) is 5.65. The second-order valence-electron chi connectivity index (χ2n) is 6.32. The standard InChI is InChI=1S/C19H24N4OS/c1-12-13(2)25-19-17(12)18(21-11-22-19)20-10-16(23(3)4)14-7-6-8-15(9-14)24-5/h6-9,11,16H,10H2,1-5H3,(H,20,21,22). The molecule has 0 bridgehead atoms. The summed E-state index contributed by atoms with van der Waals surface area (Å²) in [5.41, 5.74) is 2.46. The van der Waals surface area contributed by atoms with E-state index >= 15 is 0 Å². The Morgan fingerprint density at radius 3 is 2.76 bits per heavy atom. The van der Waals surface area contributed by atoms with Gasteiger partial charge in [0.15, 0.2) is 0 Å². The van der Waals surface area contributed by atoms with Crippen LogP contribution in [0.25, 0.3) is 10.2 Å². The first-order valence-corrected chi connectivity index (χ1v) is 9.08. The first kappa shape index (κ1) is 17.6. The van der Waals surface area contributed by atoms with Gasteiger partial charge in [0.25, 0.3) is 0 Å². The number of nitrogens with zero attached hydrogens (tertiary/aromatic N) is 3. The molecule has 0 aliphatic rings. The van der Waals surface area contributed by atoms with E-state index in [9.17, 15) is 0 Å². The van der Waals surface area contributed by atoms with Gasteiger partial charge in [-0.05, 0) is 51.2 Å². The lowest BCUT2D eigenvalue weighted by molar-refractivity contribution is 0.310. The third kappa shape index (κ3) is 3.60. The average Bonchev–Trinajstić information content (AvgIpc) is 2.90. The zero-order chi connectivity index (χ0) is 18.0. The predicted molar refractivity (Wildman–Crippen MR) is 105 cm³/mol. The molecule has 0 fully saturated rings. The maximum absolute atomic E-state index is 5.37. The van der Waals surface area contributed by atoms with Gasteiger partial charge >= 0.3 is 0 Å². The minimum absolute atomic E-state index is 0.208. The fourth-order valence-electron chi connectivity index (χ4n) is 2.96. The van der Waals surface area contributed by atoms with Crippen LogP contribution in [0.1, 0.15) is 22.0 Å². The summed E-state index contributed by atoms with van der Waals surface area (Å²) in [6, 6.07) is 8.42. The van der Waals surface area contributed by atoms with Gasteiger partial charge in [-0.2, -0.15) is 0 Å². The lowest BCUT2D eigenvalue weighted by Crippen LogP contribution is -2.27. The van der Waals surface area contributed by atoms with Gasteiger partial charge in [-0.15, -0.1) is 11.3 Å². The number of thiophene rings is 1. The molecule has 2 aromatic heterocycles. The summed E-state index contributed by atoms with van der Waals surface area (Å²) in [5, 5.41) is 4.66. The van der Waals surface area contributed by atoms with Gasteiger partial charge in [-0.25, -0.2) is 9.97 Å². The summed E-state index contributed by atoms with van der Waals surface area (Å²) in [6.07, 6.45) is 1.64. The lowest BCUT2D eigenvalue weighted by atomic mass is 10.1. The minimum atomic E-state index is 0.208. The Bertz CT molecular complexity index is 875. The van der Waals surface area contributed by atoms with E-state index in [4.69, 9.17) is 4.74 Å². The lowest BCUT2D eigenvalue weighted by Gasteiger charge is -2.25. The first-order chi connectivity index (χ1) is 12.0. The number of likely N-dealkylation sites (N-methyl/N-ethyl adjacent to an activating group) is 1. The van der Waals surface area contributed by atoms with Crippen molar-refractivity contribution in [3.63, 3.8) is 0 Å². The van der Waals surface area contributed by atoms with E-state index in [2.05, 4.69) is 60.3 Å². The van der Waals surface area contributed by atoms with Gasteiger partial charge < -0.3 is 15.0 Å². The Morgan fingerprint density at radius 2 is 2.04 bits per heavy atom. The predicted octanol–water partition coefficient (Wildman–Crippen LogP) is 4.03. The molecule has 1 N–H and O–H groups in total. The molecule has 3 rings (SSSR count). The Morgan fingerprint density at radius 1 is 1.24 bits per heavy atom. The van der Waals surface area contributed by atoms with Crippen LogP contribution < -0.4 is 10.1 Å². The number of benzene rings is 1. The second kappa shape index (κ2) is 7.37. The van der Waals surface area contributed by atoms with Crippen molar-refractivity contribution in [3.05, 3.63) is 46.6 Å². The van der Waals surface area contributed by atoms with Crippen LogP contribution in [-0.4, -0.2) is 42.6 Å². The van der Waals surface area contributed by atoms with Crippen molar-refractivity contribution in [3.8, 4) is 5.75 Å². The third-order valence-electron chi connectivity index (χ3n) is 4.53. The summed E-state index contributed by atoms with van der Waals surface area (Å²) in [4.78, 5) is 13.4. The number of rotatable bonds is 6. The summed E-state index contributed by atoms with van der Waals surface area (Å²) in [7, 11) is 5.87. The van der Waals surface area contributed by atoms with Crippen molar-refractivity contribution in [1.29, 1.82) is 0 Å². The van der Waals surface area contributed by atoms with Crippen molar-refractivity contribution in [1.82, 2.24) is 14.9 Å². The molecule has 0 spiro atoms. The zero-order valence-corrected chi connectivity index (χ0v) is 16.1. The fourth-order valence-corrected chi connectivity index (χ4v) is 3.95. The van der Waals surface area contributed by atoms with Crippen molar-refractivity contribution >= 4 is 27.4 Å². The van der Waals surface area contributed by atoms with Gasteiger partial charge in [0.1, 0.15) is 22.7 Å². The molecule has 0 aliphatic heterocycles. The zero-order valence-electron chi connectivity index (χ0n) is 15.3. The molecule has 5 nitrogen and oxygen atoms in total. The highest BCUT2D eigenvalue weighted by Gasteiger charge is 2.17. The van der Waals surface area contributed by atoms with Gasteiger partial charge in [-0.1, -0.05) is 12.1 Å². The van der Waals surface area contributed by atoms with Crippen molar-refractivity contribution in [2.45, 2.75) is 19.9 Å². The van der Waals surface area contributed by atoms with Crippen LogP contribution in [0.4, 0.5) is 5.82 Å². The molecule has 2 heterocycles. The van der Waals surface area contributed by atoms with Crippen LogP contribution >= 0.6 is 11.3 Å². The molecule has 0 radical (unpaired) electrons. The molecule has 0 saturated heterocycles. The summed E-state index contributed by atoms with van der Waals surface area (Å²) in [6.45, 7) is 5.01. The van der Waals surface area contributed by atoms with Gasteiger partial charge in [0, 0.05) is 11.4 Å². The molecule has 6 heteroatoms. The number of nitrogens with one attached hydrogen (secondary N) is 1. The van der Waals surface area contributed by atoms with E-state index in [1.54, 1.807) is 24.8 Å². The number of hydrogen-bond acceptors (Lipinski definition) is 6. The van der Waals surface area contributed by atoms with E-state index in [-0.39, 0.29) is 6.04 Å². The van der Waals surface area contributed by atoms with Crippen molar-refractivity contribution in [2.75, 3.05) is 33.1 Å². The van der Waals surface area contributed by atoms with Crippen molar-refractivity contribution in [2.24, 2.45) is 0 Å². The van der Waals surface area contributed by atoms with Gasteiger partial charge in [0.05, 0.1) is 18.5 Å². The molecule has 1 atom stereocenters. The minimum Gasteiger partial charge on any atom is -0.497 e. The molecule has 1 aromatic carbocycles. The van der Waals surface area contributed by atoms with Gasteiger partial charge in [0.2, 0.25) is 0 Å². The molecular weight excluding hydrogens is 332 g/mol. The Hall–Kier alpha value is -2.18. The number of fused-ring (bicyclic) bond motifs is 1. The molecule has 0 aliphatic carbocycles. The SMILES string of the molecule is COc1cccc(C(CNc2ncnc3sc(C)c(C)c23)N(C)C)c1. The second-order valence-corrected chi connectivity index (χ2v) is 7.53. The average molecular weight is 356 g/mol. The monoisotopic (exact) mass is 356 g/mol. The number of methoxy groups -OCH3 is 1. The summed E-state index contributed by atoms with van der Waals surface area (Å²) < 4.78 is 5.37. The Balaban J connectivity index is 1.87. The normalized spacial score (nSPS) is 12.6. The van der Waals surface area contributed by atoms with Crippen molar-refractivity contribution < 1.29 is 4.74 Å². The van der Waals surface area contributed by atoms with E-state index < -0.39 is 0 Å². The largest absolute Gasteiger partial charge is 0.497 e. The first-order valence-electron chi connectivity index (χ1n) is 8.26. The number of aromatic nitrogens is 2. The van der Waals surface area contributed by atoms with E-state index in [1.807, 2.05) is 12.1 Å². The molecule has 3 aromatic rings. The topological polar surface area (TPSA) is 50.3 Å². The summed E-state index contributed by atoms with van der Waals surface area (Å²) >= 11 is 1.72. The van der Waals surface area contributed by atoms with Gasteiger partial charge in [-0.3, -0.25) is 0 Å². The van der Waals surface area contributed by atoms with Crippen LogP contribution in [0, 0.1) is 13.8 Å². The Labute approximate surface area is 152 Å². The molecular formula is C19H24N4OS. The molecule has 1 unspecified atom stereocenters. The van der Waals surface area contributed by atoms with Crippen LogP contribution in [-0.2, 0) is 0 Å². The number of aryl methyl sites for hydroxylation is 2. The maximum Gasteiger partial charge on any atom is 0.138 e.